The van der Waals surface area contributed by atoms with Crippen molar-refractivity contribution in [3.63, 3.8) is 0 Å². The highest BCUT2D eigenvalue weighted by atomic mass is 16.5. The molecule has 1 rings (SSSR count). The average molecular weight is 229 g/mol. The molecule has 16 heavy (non-hydrogen) atoms. The quantitative estimate of drug-likeness (QED) is 0.726. The van der Waals surface area contributed by atoms with Crippen LogP contribution in [0.2, 0.25) is 0 Å². The predicted molar refractivity (Wildman–Crippen MR) is 66.3 cm³/mol. The van der Waals surface area contributed by atoms with Gasteiger partial charge in [0.1, 0.15) is 0 Å². The Morgan fingerprint density at radius 1 is 1.31 bits per heavy atom. The minimum absolute atomic E-state index is 0.132. The minimum atomic E-state index is -0.744. The SMILES string of the molecule is CC(C)C(C)(O)COC1CCCCCC1N. The Bertz CT molecular complexity index is 204. The lowest BCUT2D eigenvalue weighted by Crippen LogP contribution is -2.42. The fourth-order valence-corrected chi connectivity index (χ4v) is 1.95. The molecule has 0 spiro atoms. The summed E-state index contributed by atoms with van der Waals surface area (Å²) in [6, 6.07) is 0.144. The topological polar surface area (TPSA) is 55.5 Å². The third-order valence-electron chi connectivity index (χ3n) is 3.84. The Balaban J connectivity index is 2.40. The summed E-state index contributed by atoms with van der Waals surface area (Å²) in [7, 11) is 0. The zero-order valence-corrected chi connectivity index (χ0v) is 10.9. The number of hydrogen-bond acceptors (Lipinski definition) is 3. The van der Waals surface area contributed by atoms with Crippen molar-refractivity contribution in [2.24, 2.45) is 11.7 Å². The van der Waals surface area contributed by atoms with E-state index in [0.29, 0.717) is 6.61 Å². The Hall–Kier alpha value is -0.120. The van der Waals surface area contributed by atoms with Crippen LogP contribution < -0.4 is 5.73 Å². The fourth-order valence-electron chi connectivity index (χ4n) is 1.95. The van der Waals surface area contributed by atoms with Crippen molar-refractivity contribution in [1.82, 2.24) is 0 Å². The number of hydrogen-bond donors (Lipinski definition) is 2. The number of aliphatic hydroxyl groups is 1. The molecule has 3 nitrogen and oxygen atoms in total. The molecule has 3 atom stereocenters. The highest BCUT2D eigenvalue weighted by Crippen LogP contribution is 2.22. The molecular weight excluding hydrogens is 202 g/mol. The van der Waals surface area contributed by atoms with E-state index < -0.39 is 5.60 Å². The van der Waals surface area contributed by atoms with Crippen molar-refractivity contribution < 1.29 is 9.84 Å². The second-order valence-corrected chi connectivity index (χ2v) is 5.66. The van der Waals surface area contributed by atoms with Gasteiger partial charge in [0.05, 0.1) is 18.3 Å². The van der Waals surface area contributed by atoms with E-state index in [4.69, 9.17) is 10.5 Å². The second-order valence-electron chi connectivity index (χ2n) is 5.66. The third-order valence-corrected chi connectivity index (χ3v) is 3.84. The highest BCUT2D eigenvalue weighted by Gasteiger charge is 2.28. The largest absolute Gasteiger partial charge is 0.388 e. The lowest BCUT2D eigenvalue weighted by atomic mass is 9.93. The smallest absolute Gasteiger partial charge is 0.0875 e. The molecule has 0 aliphatic heterocycles. The molecule has 0 radical (unpaired) electrons. The van der Waals surface area contributed by atoms with Crippen molar-refractivity contribution in [3.05, 3.63) is 0 Å². The molecule has 1 fully saturated rings. The maximum absolute atomic E-state index is 10.1. The molecule has 0 aromatic heterocycles. The lowest BCUT2D eigenvalue weighted by Gasteiger charge is -2.31. The molecule has 1 saturated carbocycles. The van der Waals surface area contributed by atoms with Crippen LogP contribution >= 0.6 is 0 Å². The van der Waals surface area contributed by atoms with Crippen LogP contribution in [0.15, 0.2) is 0 Å². The van der Waals surface area contributed by atoms with E-state index in [0.717, 1.165) is 12.8 Å². The van der Waals surface area contributed by atoms with Crippen molar-refractivity contribution in [1.29, 1.82) is 0 Å². The number of ether oxygens (including phenoxy) is 1. The van der Waals surface area contributed by atoms with Crippen molar-refractivity contribution in [3.8, 4) is 0 Å². The molecule has 0 aromatic rings. The molecule has 1 aliphatic rings. The van der Waals surface area contributed by atoms with Gasteiger partial charge in [-0.3, -0.25) is 0 Å². The van der Waals surface area contributed by atoms with Gasteiger partial charge in [-0.25, -0.2) is 0 Å². The van der Waals surface area contributed by atoms with Gasteiger partial charge in [0.2, 0.25) is 0 Å². The minimum Gasteiger partial charge on any atom is -0.388 e. The zero-order chi connectivity index (χ0) is 12.2. The van der Waals surface area contributed by atoms with Gasteiger partial charge in [0.15, 0.2) is 0 Å². The van der Waals surface area contributed by atoms with E-state index in [9.17, 15) is 5.11 Å². The van der Waals surface area contributed by atoms with Crippen LogP contribution in [0, 0.1) is 5.92 Å². The summed E-state index contributed by atoms with van der Waals surface area (Å²) in [5.74, 6) is 0.203. The monoisotopic (exact) mass is 229 g/mol. The van der Waals surface area contributed by atoms with Crippen LogP contribution in [0.25, 0.3) is 0 Å². The van der Waals surface area contributed by atoms with Gasteiger partial charge in [-0.15, -0.1) is 0 Å². The summed E-state index contributed by atoms with van der Waals surface area (Å²) in [5, 5.41) is 10.1. The first kappa shape index (κ1) is 13.9. The van der Waals surface area contributed by atoms with Crippen LogP contribution in [0.5, 0.6) is 0 Å². The van der Waals surface area contributed by atoms with Crippen molar-refractivity contribution >= 4 is 0 Å². The second kappa shape index (κ2) is 5.99. The third kappa shape index (κ3) is 4.04. The van der Waals surface area contributed by atoms with E-state index in [1.807, 2.05) is 20.8 Å². The van der Waals surface area contributed by atoms with E-state index in [-0.39, 0.29) is 18.1 Å². The Kier molecular flexibility index (Phi) is 5.22. The van der Waals surface area contributed by atoms with Gasteiger partial charge in [0, 0.05) is 6.04 Å². The molecule has 3 unspecified atom stereocenters. The molecule has 0 heterocycles. The van der Waals surface area contributed by atoms with Crippen molar-refractivity contribution in [2.75, 3.05) is 6.61 Å². The van der Waals surface area contributed by atoms with Crippen LogP contribution in [0.4, 0.5) is 0 Å². The van der Waals surface area contributed by atoms with Gasteiger partial charge in [-0.2, -0.15) is 0 Å². The molecule has 0 bridgehead atoms. The lowest BCUT2D eigenvalue weighted by molar-refractivity contribution is -0.0925. The average Bonchev–Trinajstić information content (AvgIpc) is 2.40. The van der Waals surface area contributed by atoms with Gasteiger partial charge in [-0.1, -0.05) is 33.1 Å². The molecule has 96 valence electrons. The summed E-state index contributed by atoms with van der Waals surface area (Å²) < 4.78 is 5.83. The first-order chi connectivity index (χ1) is 7.43. The van der Waals surface area contributed by atoms with Gasteiger partial charge in [0.25, 0.3) is 0 Å². The summed E-state index contributed by atoms with van der Waals surface area (Å²) in [4.78, 5) is 0. The number of nitrogens with two attached hydrogens (primary N) is 1. The maximum Gasteiger partial charge on any atom is 0.0875 e. The Morgan fingerprint density at radius 3 is 2.56 bits per heavy atom. The van der Waals surface area contributed by atoms with Crippen LogP contribution in [0.3, 0.4) is 0 Å². The normalized spacial score (nSPS) is 31.1. The molecule has 0 aromatic carbocycles. The van der Waals surface area contributed by atoms with Gasteiger partial charge in [-0.05, 0) is 25.7 Å². The summed E-state index contributed by atoms with van der Waals surface area (Å²) in [6.45, 7) is 6.25. The molecular formula is C13H27NO2. The van der Waals surface area contributed by atoms with E-state index >= 15 is 0 Å². The summed E-state index contributed by atoms with van der Waals surface area (Å²) in [5.41, 5.74) is 5.33. The van der Waals surface area contributed by atoms with E-state index in [1.54, 1.807) is 0 Å². The summed E-state index contributed by atoms with van der Waals surface area (Å²) >= 11 is 0. The van der Waals surface area contributed by atoms with Crippen LogP contribution in [-0.4, -0.2) is 29.5 Å². The standard InChI is InChI=1S/C13H27NO2/c1-10(2)13(3,15)9-16-12-8-6-4-5-7-11(12)14/h10-12,15H,4-9,14H2,1-3H3. The number of rotatable bonds is 4. The Labute approximate surface area is 99.4 Å². The van der Waals surface area contributed by atoms with E-state index in [1.165, 1.54) is 19.3 Å². The summed E-state index contributed by atoms with van der Waals surface area (Å²) in [6.07, 6.45) is 5.88. The van der Waals surface area contributed by atoms with Crippen LogP contribution in [0.1, 0.15) is 52.9 Å². The predicted octanol–water partition coefficient (Wildman–Crippen LogP) is 2.07. The maximum atomic E-state index is 10.1. The molecule has 1 aliphatic carbocycles. The molecule has 0 saturated heterocycles. The van der Waals surface area contributed by atoms with Crippen LogP contribution in [-0.2, 0) is 4.74 Å². The van der Waals surface area contributed by atoms with Gasteiger partial charge >= 0.3 is 0 Å². The van der Waals surface area contributed by atoms with Gasteiger partial charge < -0.3 is 15.6 Å². The highest BCUT2D eigenvalue weighted by molar-refractivity contribution is 4.81. The first-order valence-corrected chi connectivity index (χ1v) is 6.53. The molecule has 3 N–H and O–H groups in total. The van der Waals surface area contributed by atoms with Crippen molar-refractivity contribution in [2.45, 2.75) is 70.6 Å². The Morgan fingerprint density at radius 2 is 1.94 bits per heavy atom. The van der Waals surface area contributed by atoms with E-state index in [2.05, 4.69) is 0 Å². The fraction of sp³-hybridized carbons (Fsp3) is 1.00. The molecule has 3 heteroatoms. The molecule has 0 amide bonds. The first-order valence-electron chi connectivity index (χ1n) is 6.53. The zero-order valence-electron chi connectivity index (χ0n) is 10.9.